The summed E-state index contributed by atoms with van der Waals surface area (Å²) in [5.74, 6) is 0.513. The van der Waals surface area contributed by atoms with Gasteiger partial charge in [-0.1, -0.05) is 0 Å². The summed E-state index contributed by atoms with van der Waals surface area (Å²) < 4.78 is 13.0. The molecule has 0 fully saturated rings. The molecule has 1 aromatic heterocycles. The van der Waals surface area contributed by atoms with Crippen LogP contribution in [-0.2, 0) is 0 Å². The zero-order valence-electron chi connectivity index (χ0n) is 9.87. The van der Waals surface area contributed by atoms with Gasteiger partial charge in [0.2, 0.25) is 0 Å². The maximum atomic E-state index is 13.0. The van der Waals surface area contributed by atoms with Gasteiger partial charge in [-0.05, 0) is 49.7 Å². The zero-order valence-corrected chi connectivity index (χ0v) is 9.87. The van der Waals surface area contributed by atoms with E-state index in [-0.39, 0.29) is 5.82 Å². The average molecular weight is 231 g/mol. The molecule has 1 aromatic carbocycles. The molecule has 1 N–H and O–H groups in total. The molecule has 0 spiro atoms. The normalized spacial score (nSPS) is 10.3. The van der Waals surface area contributed by atoms with E-state index in [1.165, 1.54) is 12.1 Å². The maximum Gasteiger partial charge on any atom is 0.148 e. The van der Waals surface area contributed by atoms with Crippen LogP contribution in [0.5, 0.6) is 0 Å². The minimum absolute atomic E-state index is 0.233. The summed E-state index contributed by atoms with van der Waals surface area (Å²) in [5.41, 5.74) is 2.52. The summed E-state index contributed by atoms with van der Waals surface area (Å²) in [7, 11) is 0. The minimum Gasteiger partial charge on any atom is -0.369 e. The third kappa shape index (κ3) is 2.58. The maximum absolute atomic E-state index is 13.0. The molecule has 17 heavy (non-hydrogen) atoms. The quantitative estimate of drug-likeness (QED) is 0.882. The summed E-state index contributed by atoms with van der Waals surface area (Å²) in [6.45, 7) is 4.67. The topological polar surface area (TPSA) is 37.8 Å². The molecular formula is C13H14FN3. The Hall–Kier alpha value is -1.97. The molecule has 0 saturated carbocycles. The van der Waals surface area contributed by atoms with Gasteiger partial charge in [-0.15, -0.1) is 10.2 Å². The van der Waals surface area contributed by atoms with Crippen molar-refractivity contribution in [3.63, 3.8) is 0 Å². The molecule has 3 nitrogen and oxygen atoms in total. The highest BCUT2D eigenvalue weighted by atomic mass is 19.1. The zero-order chi connectivity index (χ0) is 12.3. The molecule has 2 rings (SSSR count). The van der Waals surface area contributed by atoms with Crippen LogP contribution in [0.3, 0.4) is 0 Å². The van der Waals surface area contributed by atoms with Gasteiger partial charge >= 0.3 is 0 Å². The van der Waals surface area contributed by atoms with E-state index in [0.717, 1.165) is 29.2 Å². The molecule has 0 saturated heterocycles. The van der Waals surface area contributed by atoms with Crippen molar-refractivity contribution in [2.75, 3.05) is 11.9 Å². The molecular weight excluding hydrogens is 217 g/mol. The molecule has 4 heteroatoms. The van der Waals surface area contributed by atoms with E-state index in [0.29, 0.717) is 0 Å². The Bertz CT molecular complexity index is 509. The van der Waals surface area contributed by atoms with Crippen molar-refractivity contribution in [1.29, 1.82) is 0 Å². The van der Waals surface area contributed by atoms with Crippen LogP contribution in [0.4, 0.5) is 10.2 Å². The molecule has 1 heterocycles. The summed E-state index contributed by atoms with van der Waals surface area (Å²) in [4.78, 5) is 0. The molecule has 0 aliphatic carbocycles. The number of nitrogens with zero attached hydrogens (tertiary/aromatic N) is 2. The third-order valence-electron chi connectivity index (χ3n) is 2.49. The molecule has 0 aliphatic heterocycles. The first-order chi connectivity index (χ1) is 8.20. The number of halogens is 1. The smallest absolute Gasteiger partial charge is 0.148 e. The van der Waals surface area contributed by atoms with Crippen LogP contribution in [0.2, 0.25) is 0 Å². The predicted molar refractivity (Wildman–Crippen MR) is 66.3 cm³/mol. The number of rotatable bonds is 3. The van der Waals surface area contributed by atoms with Gasteiger partial charge in [0.25, 0.3) is 0 Å². The highest BCUT2D eigenvalue weighted by Gasteiger charge is 2.05. The van der Waals surface area contributed by atoms with E-state index in [2.05, 4.69) is 15.5 Å². The van der Waals surface area contributed by atoms with Crippen LogP contribution in [-0.4, -0.2) is 16.7 Å². The number of hydrogen-bond donors (Lipinski definition) is 1. The van der Waals surface area contributed by atoms with E-state index in [4.69, 9.17) is 0 Å². The monoisotopic (exact) mass is 231 g/mol. The van der Waals surface area contributed by atoms with E-state index in [1.807, 2.05) is 26.0 Å². The molecule has 0 atom stereocenters. The van der Waals surface area contributed by atoms with Crippen molar-refractivity contribution in [2.24, 2.45) is 0 Å². The number of nitrogens with one attached hydrogen (secondary N) is 1. The fourth-order valence-electron chi connectivity index (χ4n) is 1.67. The van der Waals surface area contributed by atoms with E-state index >= 15 is 0 Å². The fourth-order valence-corrected chi connectivity index (χ4v) is 1.67. The number of hydrogen-bond acceptors (Lipinski definition) is 3. The number of aryl methyl sites for hydroxylation is 1. The van der Waals surface area contributed by atoms with Crippen molar-refractivity contribution < 1.29 is 4.39 Å². The Morgan fingerprint density at radius 1 is 1.18 bits per heavy atom. The lowest BCUT2D eigenvalue weighted by molar-refractivity contribution is 0.627. The molecule has 88 valence electrons. The lowest BCUT2D eigenvalue weighted by Crippen LogP contribution is -2.00. The SMILES string of the molecule is CCNc1ccc(-c2ccc(F)cc2C)nn1. The van der Waals surface area contributed by atoms with Crippen LogP contribution in [0.25, 0.3) is 11.3 Å². The van der Waals surface area contributed by atoms with Crippen LogP contribution in [0.1, 0.15) is 12.5 Å². The first-order valence-corrected chi connectivity index (χ1v) is 5.55. The van der Waals surface area contributed by atoms with Gasteiger partial charge in [0, 0.05) is 12.1 Å². The van der Waals surface area contributed by atoms with Gasteiger partial charge in [0.1, 0.15) is 11.6 Å². The third-order valence-corrected chi connectivity index (χ3v) is 2.49. The van der Waals surface area contributed by atoms with E-state index in [9.17, 15) is 4.39 Å². The highest BCUT2D eigenvalue weighted by Crippen LogP contribution is 2.22. The van der Waals surface area contributed by atoms with Crippen molar-refractivity contribution in [2.45, 2.75) is 13.8 Å². The lowest BCUT2D eigenvalue weighted by Gasteiger charge is -2.06. The molecule has 2 aromatic rings. The number of anilines is 1. The second kappa shape index (κ2) is 4.91. The van der Waals surface area contributed by atoms with E-state index < -0.39 is 0 Å². The average Bonchev–Trinajstić information content (AvgIpc) is 2.31. The van der Waals surface area contributed by atoms with Crippen molar-refractivity contribution in [1.82, 2.24) is 10.2 Å². The molecule has 0 bridgehead atoms. The number of benzene rings is 1. The van der Waals surface area contributed by atoms with Crippen LogP contribution in [0.15, 0.2) is 30.3 Å². The van der Waals surface area contributed by atoms with E-state index in [1.54, 1.807) is 6.07 Å². The first kappa shape index (κ1) is 11.5. The first-order valence-electron chi connectivity index (χ1n) is 5.55. The van der Waals surface area contributed by atoms with Crippen LogP contribution >= 0.6 is 0 Å². The largest absolute Gasteiger partial charge is 0.369 e. The van der Waals surface area contributed by atoms with Gasteiger partial charge < -0.3 is 5.32 Å². The Morgan fingerprint density at radius 3 is 2.59 bits per heavy atom. The van der Waals surface area contributed by atoms with Crippen LogP contribution < -0.4 is 5.32 Å². The predicted octanol–water partition coefficient (Wildman–Crippen LogP) is 3.02. The second-order valence-corrected chi connectivity index (χ2v) is 3.79. The van der Waals surface area contributed by atoms with Gasteiger partial charge in [-0.2, -0.15) is 0 Å². The molecule has 0 unspecified atom stereocenters. The lowest BCUT2D eigenvalue weighted by atomic mass is 10.1. The van der Waals surface area contributed by atoms with Crippen molar-refractivity contribution in [3.05, 3.63) is 41.7 Å². The molecule has 0 aliphatic rings. The summed E-state index contributed by atoms with van der Waals surface area (Å²) in [6.07, 6.45) is 0. The Kier molecular flexibility index (Phi) is 3.32. The standard InChI is InChI=1S/C13H14FN3/c1-3-15-13-7-6-12(16-17-13)11-5-4-10(14)8-9(11)2/h4-8H,3H2,1-2H3,(H,15,17). The second-order valence-electron chi connectivity index (χ2n) is 3.79. The number of aromatic nitrogens is 2. The minimum atomic E-state index is -0.233. The van der Waals surface area contributed by atoms with Gasteiger partial charge in [0.05, 0.1) is 5.69 Å². The molecule has 0 radical (unpaired) electrons. The Labute approximate surface area is 99.7 Å². The Balaban J connectivity index is 2.33. The van der Waals surface area contributed by atoms with Crippen LogP contribution in [0, 0.1) is 12.7 Å². The summed E-state index contributed by atoms with van der Waals surface area (Å²) >= 11 is 0. The van der Waals surface area contributed by atoms with Gasteiger partial charge in [0.15, 0.2) is 0 Å². The Morgan fingerprint density at radius 2 is 2.00 bits per heavy atom. The van der Waals surface area contributed by atoms with Crippen molar-refractivity contribution in [3.8, 4) is 11.3 Å². The van der Waals surface area contributed by atoms with Gasteiger partial charge in [-0.3, -0.25) is 0 Å². The molecule has 0 amide bonds. The highest BCUT2D eigenvalue weighted by molar-refractivity contribution is 5.63. The fraction of sp³-hybridized carbons (Fsp3) is 0.231. The van der Waals surface area contributed by atoms with Crippen molar-refractivity contribution >= 4 is 5.82 Å². The summed E-state index contributed by atoms with van der Waals surface area (Å²) in [6, 6.07) is 8.40. The van der Waals surface area contributed by atoms with Gasteiger partial charge in [-0.25, -0.2) is 4.39 Å². The summed E-state index contributed by atoms with van der Waals surface area (Å²) in [5, 5.41) is 11.3.